The summed E-state index contributed by atoms with van der Waals surface area (Å²) in [4.78, 5) is 13.5. The van der Waals surface area contributed by atoms with Gasteiger partial charge >= 0.3 is 5.97 Å². The number of carboxylic acids is 1. The number of H-pyrrole nitrogens is 1. The summed E-state index contributed by atoms with van der Waals surface area (Å²) in [6, 6.07) is 8.42. The molecule has 0 radical (unpaired) electrons. The number of benzene rings is 2. The molecule has 3 N–H and O–H groups in total. The van der Waals surface area contributed by atoms with Crippen molar-refractivity contribution < 1.29 is 18.7 Å². The topological polar surface area (TPSA) is 65.1 Å². The molecule has 3 aromatic rings. The zero-order chi connectivity index (χ0) is 15.9. The van der Waals surface area contributed by atoms with Gasteiger partial charge in [0.2, 0.25) is 0 Å². The zero-order valence-electron chi connectivity index (χ0n) is 11.0. The Morgan fingerprint density at radius 2 is 1.86 bits per heavy atom. The fraction of sp³-hybridized carbons (Fsp3) is 0. The van der Waals surface area contributed by atoms with Crippen LogP contribution in [-0.2, 0) is 0 Å². The molecule has 0 atom stereocenters. The number of anilines is 2. The van der Waals surface area contributed by atoms with E-state index in [0.717, 1.165) is 0 Å². The van der Waals surface area contributed by atoms with E-state index in [-0.39, 0.29) is 15.7 Å². The number of aromatic amines is 1. The highest BCUT2D eigenvalue weighted by Gasteiger charge is 2.14. The van der Waals surface area contributed by atoms with Crippen LogP contribution in [0.5, 0.6) is 0 Å². The fourth-order valence-electron chi connectivity index (χ4n) is 2.14. The molecule has 0 bridgehead atoms. The molecule has 112 valence electrons. The van der Waals surface area contributed by atoms with Crippen LogP contribution in [0.1, 0.15) is 10.5 Å². The third-order valence-corrected chi connectivity index (χ3v) is 3.78. The van der Waals surface area contributed by atoms with E-state index in [2.05, 4.69) is 26.2 Å². The summed E-state index contributed by atoms with van der Waals surface area (Å²) in [6.45, 7) is 0. The van der Waals surface area contributed by atoms with Crippen LogP contribution >= 0.6 is 15.9 Å². The summed E-state index contributed by atoms with van der Waals surface area (Å²) >= 11 is 3.09. The number of halogens is 3. The molecule has 0 unspecified atom stereocenters. The third kappa shape index (κ3) is 2.55. The van der Waals surface area contributed by atoms with Crippen molar-refractivity contribution in [1.82, 2.24) is 4.98 Å². The van der Waals surface area contributed by atoms with Crippen LogP contribution in [0.15, 0.2) is 40.9 Å². The van der Waals surface area contributed by atoms with Gasteiger partial charge in [-0.2, -0.15) is 0 Å². The van der Waals surface area contributed by atoms with Gasteiger partial charge in [-0.1, -0.05) is 0 Å². The normalized spacial score (nSPS) is 10.9. The average Bonchev–Trinajstić information content (AvgIpc) is 2.92. The molecule has 0 aliphatic heterocycles. The van der Waals surface area contributed by atoms with Crippen LogP contribution in [-0.4, -0.2) is 16.1 Å². The van der Waals surface area contributed by atoms with Crippen LogP contribution in [0.4, 0.5) is 20.2 Å². The molecule has 0 aliphatic rings. The Hall–Kier alpha value is -2.41. The van der Waals surface area contributed by atoms with Crippen LogP contribution < -0.4 is 5.32 Å². The van der Waals surface area contributed by atoms with Gasteiger partial charge in [0.05, 0.1) is 9.99 Å². The van der Waals surface area contributed by atoms with Gasteiger partial charge in [0.15, 0.2) is 0 Å². The second kappa shape index (κ2) is 5.42. The molecular weight excluding hydrogens is 358 g/mol. The number of fused-ring (bicyclic) bond motifs is 1. The minimum absolute atomic E-state index is 0.101. The molecule has 0 saturated carbocycles. The van der Waals surface area contributed by atoms with Gasteiger partial charge in [-0.25, -0.2) is 13.6 Å². The number of aromatic carboxylic acids is 1. The quantitative estimate of drug-likeness (QED) is 0.631. The highest BCUT2D eigenvalue weighted by atomic mass is 79.9. The lowest BCUT2D eigenvalue weighted by molar-refractivity contribution is 0.0691. The Balaban J connectivity index is 2.08. The van der Waals surface area contributed by atoms with Crippen molar-refractivity contribution >= 4 is 44.2 Å². The van der Waals surface area contributed by atoms with Crippen molar-refractivity contribution in [2.45, 2.75) is 0 Å². The summed E-state index contributed by atoms with van der Waals surface area (Å²) in [7, 11) is 0. The SMILES string of the molecule is O=C(O)c1cc2c(Nc3ccc(F)c(Br)c3)ccc(F)c2[nH]1. The number of carbonyl (C=O) groups is 1. The van der Waals surface area contributed by atoms with E-state index in [9.17, 15) is 13.6 Å². The zero-order valence-corrected chi connectivity index (χ0v) is 12.5. The van der Waals surface area contributed by atoms with Crippen molar-refractivity contribution in [3.05, 3.63) is 58.2 Å². The van der Waals surface area contributed by atoms with Crippen molar-refractivity contribution in [2.75, 3.05) is 5.32 Å². The lowest BCUT2D eigenvalue weighted by Gasteiger charge is -2.09. The standard InChI is InChI=1S/C15H9BrF2N2O2/c16-9-5-7(1-2-10(9)17)19-12-4-3-11(18)14-8(12)6-13(20-14)15(21)22/h1-6,19-20H,(H,21,22). The van der Waals surface area contributed by atoms with Crippen molar-refractivity contribution in [1.29, 1.82) is 0 Å². The molecule has 1 heterocycles. The number of aromatic nitrogens is 1. The number of hydrogen-bond acceptors (Lipinski definition) is 2. The lowest BCUT2D eigenvalue weighted by Crippen LogP contribution is -1.95. The Morgan fingerprint density at radius 1 is 1.14 bits per heavy atom. The van der Waals surface area contributed by atoms with E-state index in [1.807, 2.05) is 0 Å². The Bertz CT molecular complexity index is 893. The molecule has 3 rings (SSSR count). The highest BCUT2D eigenvalue weighted by Crippen LogP contribution is 2.30. The first-order valence-electron chi connectivity index (χ1n) is 6.22. The molecule has 2 aromatic carbocycles. The van der Waals surface area contributed by atoms with E-state index in [1.54, 1.807) is 0 Å². The first-order chi connectivity index (χ1) is 10.5. The van der Waals surface area contributed by atoms with Crippen LogP contribution in [0.2, 0.25) is 0 Å². The number of carboxylic acid groups (broad SMARTS) is 1. The molecule has 0 saturated heterocycles. The van der Waals surface area contributed by atoms with Gasteiger partial charge < -0.3 is 15.4 Å². The van der Waals surface area contributed by atoms with Gasteiger partial charge in [-0.3, -0.25) is 0 Å². The summed E-state index contributed by atoms with van der Waals surface area (Å²) in [5, 5.41) is 12.4. The van der Waals surface area contributed by atoms with E-state index in [0.29, 0.717) is 16.8 Å². The van der Waals surface area contributed by atoms with Gasteiger partial charge in [0.1, 0.15) is 17.3 Å². The number of rotatable bonds is 3. The van der Waals surface area contributed by atoms with Crippen molar-refractivity contribution in [2.24, 2.45) is 0 Å². The second-order valence-electron chi connectivity index (χ2n) is 4.63. The van der Waals surface area contributed by atoms with E-state index in [1.165, 1.54) is 36.4 Å². The average molecular weight is 367 g/mol. The Morgan fingerprint density at radius 3 is 2.55 bits per heavy atom. The Kier molecular flexibility index (Phi) is 3.58. The maximum Gasteiger partial charge on any atom is 0.352 e. The van der Waals surface area contributed by atoms with E-state index >= 15 is 0 Å². The minimum atomic E-state index is -1.17. The van der Waals surface area contributed by atoms with Gasteiger partial charge in [0.25, 0.3) is 0 Å². The smallest absolute Gasteiger partial charge is 0.352 e. The molecule has 0 amide bonds. The fourth-order valence-corrected chi connectivity index (χ4v) is 2.52. The first-order valence-corrected chi connectivity index (χ1v) is 7.01. The van der Waals surface area contributed by atoms with Crippen LogP contribution in [0.3, 0.4) is 0 Å². The first kappa shape index (κ1) is 14.5. The second-order valence-corrected chi connectivity index (χ2v) is 5.48. The molecular formula is C15H9BrF2N2O2. The summed E-state index contributed by atoms with van der Waals surface area (Å²) in [5.41, 5.74) is 1.09. The molecule has 7 heteroatoms. The third-order valence-electron chi connectivity index (χ3n) is 3.17. The van der Waals surface area contributed by atoms with Crippen LogP contribution in [0.25, 0.3) is 10.9 Å². The van der Waals surface area contributed by atoms with Crippen molar-refractivity contribution in [3.8, 4) is 0 Å². The summed E-state index contributed by atoms with van der Waals surface area (Å²) in [6.07, 6.45) is 0. The van der Waals surface area contributed by atoms with Crippen LogP contribution in [0, 0.1) is 11.6 Å². The maximum absolute atomic E-state index is 13.8. The van der Waals surface area contributed by atoms with E-state index in [4.69, 9.17) is 5.11 Å². The predicted molar refractivity (Wildman–Crippen MR) is 82.6 cm³/mol. The molecule has 0 fully saturated rings. The maximum atomic E-state index is 13.8. The highest BCUT2D eigenvalue weighted by molar-refractivity contribution is 9.10. The Labute approximate surface area is 131 Å². The largest absolute Gasteiger partial charge is 0.477 e. The summed E-state index contributed by atoms with van der Waals surface area (Å²) in [5.74, 6) is -2.12. The van der Waals surface area contributed by atoms with E-state index < -0.39 is 17.6 Å². The summed E-state index contributed by atoms with van der Waals surface area (Å²) < 4.78 is 27.3. The molecule has 1 aromatic heterocycles. The van der Waals surface area contributed by atoms with Gasteiger partial charge in [0, 0.05) is 16.8 Å². The minimum Gasteiger partial charge on any atom is -0.477 e. The molecule has 4 nitrogen and oxygen atoms in total. The van der Waals surface area contributed by atoms with Crippen molar-refractivity contribution in [3.63, 3.8) is 0 Å². The number of nitrogens with one attached hydrogen (secondary N) is 2. The van der Waals surface area contributed by atoms with Gasteiger partial charge in [-0.15, -0.1) is 0 Å². The predicted octanol–water partition coefficient (Wildman–Crippen LogP) is 4.65. The molecule has 0 aliphatic carbocycles. The monoisotopic (exact) mass is 366 g/mol. The number of hydrogen-bond donors (Lipinski definition) is 3. The lowest BCUT2D eigenvalue weighted by atomic mass is 10.2. The van der Waals surface area contributed by atoms with Gasteiger partial charge in [-0.05, 0) is 52.3 Å². The molecule has 0 spiro atoms. The molecule has 22 heavy (non-hydrogen) atoms.